The molecule has 0 amide bonds. The van der Waals surface area contributed by atoms with Gasteiger partial charge in [-0.05, 0) is 51.1 Å². The molecule has 3 heteroatoms. The number of fused-ring (bicyclic) bond motifs is 1. The minimum atomic E-state index is 0.517. The van der Waals surface area contributed by atoms with Crippen molar-refractivity contribution in [1.29, 1.82) is 0 Å². The number of likely N-dealkylation sites (tertiary alicyclic amines) is 1. The van der Waals surface area contributed by atoms with Crippen LogP contribution in [0, 0.1) is 11.8 Å². The third-order valence-electron chi connectivity index (χ3n) is 4.77. The first kappa shape index (κ1) is 11.0. The highest BCUT2D eigenvalue weighted by Gasteiger charge is 2.42. The molecule has 4 atom stereocenters. The van der Waals surface area contributed by atoms with E-state index in [9.17, 15) is 0 Å². The number of hydrogen-bond acceptors (Lipinski definition) is 3. The lowest BCUT2D eigenvalue weighted by molar-refractivity contribution is -0.00856. The molecule has 3 rings (SSSR count). The standard InChI is InChI=1S/C13H24N2O/c1-10-13-7-14-6-11(13)8-15(10)9-12-4-2-3-5-16-12/h10-14H,2-9H2,1H3. The van der Waals surface area contributed by atoms with E-state index in [0.717, 1.165) is 24.5 Å². The van der Waals surface area contributed by atoms with Gasteiger partial charge in [0.15, 0.2) is 0 Å². The molecule has 3 heterocycles. The molecule has 0 aliphatic carbocycles. The van der Waals surface area contributed by atoms with Crippen LogP contribution in [0.2, 0.25) is 0 Å². The van der Waals surface area contributed by atoms with Crippen molar-refractivity contribution in [2.45, 2.75) is 38.3 Å². The first-order valence-electron chi connectivity index (χ1n) is 6.91. The van der Waals surface area contributed by atoms with Crippen molar-refractivity contribution in [3.05, 3.63) is 0 Å². The Kier molecular flexibility index (Phi) is 3.18. The molecule has 92 valence electrons. The smallest absolute Gasteiger partial charge is 0.0702 e. The summed E-state index contributed by atoms with van der Waals surface area (Å²) in [6, 6.07) is 0.755. The molecule has 3 nitrogen and oxygen atoms in total. The molecule has 3 aliphatic heterocycles. The zero-order valence-electron chi connectivity index (χ0n) is 10.3. The van der Waals surface area contributed by atoms with E-state index in [1.807, 2.05) is 0 Å². The van der Waals surface area contributed by atoms with Gasteiger partial charge in [0.1, 0.15) is 0 Å². The van der Waals surface area contributed by atoms with Gasteiger partial charge in [-0.15, -0.1) is 0 Å². The Balaban J connectivity index is 1.55. The van der Waals surface area contributed by atoms with Crippen molar-refractivity contribution >= 4 is 0 Å². The predicted molar refractivity (Wildman–Crippen MR) is 64.5 cm³/mol. The van der Waals surface area contributed by atoms with Crippen LogP contribution in [0.15, 0.2) is 0 Å². The highest BCUT2D eigenvalue weighted by atomic mass is 16.5. The van der Waals surface area contributed by atoms with Crippen LogP contribution in [0.4, 0.5) is 0 Å². The second kappa shape index (κ2) is 4.63. The Morgan fingerprint density at radius 2 is 2.25 bits per heavy atom. The summed E-state index contributed by atoms with van der Waals surface area (Å²) in [6.45, 7) is 8.32. The highest BCUT2D eigenvalue weighted by molar-refractivity contribution is 4.97. The minimum Gasteiger partial charge on any atom is -0.377 e. The lowest BCUT2D eigenvalue weighted by Crippen LogP contribution is -2.40. The van der Waals surface area contributed by atoms with Gasteiger partial charge in [0.2, 0.25) is 0 Å². The fourth-order valence-electron chi connectivity index (χ4n) is 3.71. The van der Waals surface area contributed by atoms with Gasteiger partial charge in [0.25, 0.3) is 0 Å². The molecule has 1 N–H and O–H groups in total. The lowest BCUT2D eigenvalue weighted by Gasteiger charge is -2.30. The molecule has 4 unspecified atom stereocenters. The average Bonchev–Trinajstić information content (AvgIpc) is 2.86. The lowest BCUT2D eigenvalue weighted by atomic mass is 9.95. The maximum absolute atomic E-state index is 5.85. The zero-order chi connectivity index (χ0) is 11.0. The van der Waals surface area contributed by atoms with Crippen LogP contribution in [-0.4, -0.2) is 49.8 Å². The van der Waals surface area contributed by atoms with Crippen molar-refractivity contribution in [3.8, 4) is 0 Å². The van der Waals surface area contributed by atoms with Crippen LogP contribution in [0.5, 0.6) is 0 Å². The molecular formula is C13H24N2O. The van der Waals surface area contributed by atoms with Crippen LogP contribution in [0.1, 0.15) is 26.2 Å². The van der Waals surface area contributed by atoms with Crippen LogP contribution in [0.25, 0.3) is 0 Å². The number of nitrogens with zero attached hydrogens (tertiary/aromatic N) is 1. The van der Waals surface area contributed by atoms with Crippen LogP contribution in [-0.2, 0) is 4.74 Å². The molecule has 3 fully saturated rings. The molecule has 0 aromatic rings. The Morgan fingerprint density at radius 3 is 3.00 bits per heavy atom. The molecule has 0 saturated carbocycles. The predicted octanol–water partition coefficient (Wildman–Crippen LogP) is 1.10. The quantitative estimate of drug-likeness (QED) is 0.760. The summed E-state index contributed by atoms with van der Waals surface area (Å²) in [5, 5.41) is 3.52. The van der Waals surface area contributed by atoms with E-state index >= 15 is 0 Å². The monoisotopic (exact) mass is 224 g/mol. The normalized spacial score (nSPS) is 44.8. The zero-order valence-corrected chi connectivity index (χ0v) is 10.3. The third-order valence-corrected chi connectivity index (χ3v) is 4.77. The molecule has 3 aliphatic rings. The average molecular weight is 224 g/mol. The summed E-state index contributed by atoms with van der Waals surface area (Å²) in [6.07, 6.45) is 4.42. The van der Waals surface area contributed by atoms with E-state index in [-0.39, 0.29) is 0 Å². The SMILES string of the molecule is CC1C2CNCC2CN1CC1CCCCO1. The second-order valence-corrected chi connectivity index (χ2v) is 5.77. The number of hydrogen-bond donors (Lipinski definition) is 1. The van der Waals surface area contributed by atoms with Crippen LogP contribution in [0.3, 0.4) is 0 Å². The number of nitrogens with one attached hydrogen (secondary N) is 1. The van der Waals surface area contributed by atoms with E-state index < -0.39 is 0 Å². The third kappa shape index (κ3) is 2.01. The molecule has 0 aromatic heterocycles. The molecule has 0 radical (unpaired) electrons. The van der Waals surface area contributed by atoms with Crippen molar-refractivity contribution in [2.24, 2.45) is 11.8 Å². The van der Waals surface area contributed by atoms with Crippen molar-refractivity contribution in [1.82, 2.24) is 10.2 Å². The summed E-state index contributed by atoms with van der Waals surface area (Å²) < 4.78 is 5.85. The first-order valence-corrected chi connectivity index (χ1v) is 6.91. The summed E-state index contributed by atoms with van der Waals surface area (Å²) in [7, 11) is 0. The highest BCUT2D eigenvalue weighted by Crippen LogP contribution is 2.32. The summed E-state index contributed by atoms with van der Waals surface area (Å²) in [5.41, 5.74) is 0. The van der Waals surface area contributed by atoms with Gasteiger partial charge < -0.3 is 10.1 Å². The summed E-state index contributed by atoms with van der Waals surface area (Å²) in [5.74, 6) is 1.79. The molecule has 0 bridgehead atoms. The molecule has 0 spiro atoms. The first-order chi connectivity index (χ1) is 7.84. The van der Waals surface area contributed by atoms with E-state index in [1.54, 1.807) is 0 Å². The summed E-state index contributed by atoms with van der Waals surface area (Å²) in [4.78, 5) is 2.67. The van der Waals surface area contributed by atoms with Gasteiger partial charge in [-0.3, -0.25) is 4.90 Å². The number of ether oxygens (including phenoxy) is 1. The molecule has 0 aromatic carbocycles. The van der Waals surface area contributed by atoms with Crippen LogP contribution < -0.4 is 5.32 Å². The molecule has 3 saturated heterocycles. The van der Waals surface area contributed by atoms with Gasteiger partial charge in [0.05, 0.1) is 6.10 Å². The van der Waals surface area contributed by atoms with E-state index in [2.05, 4.69) is 17.1 Å². The Bertz CT molecular complexity index is 240. The molecular weight excluding hydrogens is 200 g/mol. The Hall–Kier alpha value is -0.120. The van der Waals surface area contributed by atoms with Gasteiger partial charge in [-0.1, -0.05) is 0 Å². The topological polar surface area (TPSA) is 24.5 Å². The Morgan fingerprint density at radius 1 is 1.31 bits per heavy atom. The largest absolute Gasteiger partial charge is 0.377 e. The Labute approximate surface area is 98.5 Å². The van der Waals surface area contributed by atoms with Gasteiger partial charge >= 0.3 is 0 Å². The van der Waals surface area contributed by atoms with E-state index in [4.69, 9.17) is 4.74 Å². The summed E-state index contributed by atoms with van der Waals surface area (Å²) >= 11 is 0. The maximum Gasteiger partial charge on any atom is 0.0702 e. The van der Waals surface area contributed by atoms with Crippen LogP contribution >= 0.6 is 0 Å². The fourth-order valence-corrected chi connectivity index (χ4v) is 3.71. The van der Waals surface area contributed by atoms with Crippen molar-refractivity contribution in [2.75, 3.05) is 32.8 Å². The van der Waals surface area contributed by atoms with Gasteiger partial charge in [0, 0.05) is 25.7 Å². The minimum absolute atomic E-state index is 0.517. The molecule has 16 heavy (non-hydrogen) atoms. The maximum atomic E-state index is 5.85. The van der Waals surface area contributed by atoms with E-state index in [0.29, 0.717) is 6.10 Å². The van der Waals surface area contributed by atoms with Crippen molar-refractivity contribution < 1.29 is 4.74 Å². The van der Waals surface area contributed by atoms with Crippen molar-refractivity contribution in [3.63, 3.8) is 0 Å². The van der Waals surface area contributed by atoms with Gasteiger partial charge in [-0.25, -0.2) is 0 Å². The second-order valence-electron chi connectivity index (χ2n) is 5.77. The number of rotatable bonds is 2. The van der Waals surface area contributed by atoms with E-state index in [1.165, 1.54) is 45.4 Å². The fraction of sp³-hybridized carbons (Fsp3) is 1.00. The van der Waals surface area contributed by atoms with Gasteiger partial charge in [-0.2, -0.15) is 0 Å².